The minimum atomic E-state index is -0.315. The molecule has 1 N–H and O–H groups in total. The molecule has 0 unspecified atom stereocenters. The van der Waals surface area contributed by atoms with E-state index in [9.17, 15) is 14.4 Å². The number of nitrogens with zero attached hydrogens (tertiary/aromatic N) is 2. The Morgan fingerprint density at radius 3 is 2.44 bits per heavy atom. The summed E-state index contributed by atoms with van der Waals surface area (Å²) in [5.41, 5.74) is 1.19. The highest BCUT2D eigenvalue weighted by Crippen LogP contribution is 2.16. The fourth-order valence-electron chi connectivity index (χ4n) is 3.10. The predicted molar refractivity (Wildman–Crippen MR) is 106 cm³/mol. The van der Waals surface area contributed by atoms with Gasteiger partial charge in [0.15, 0.2) is 5.78 Å². The van der Waals surface area contributed by atoms with Crippen molar-refractivity contribution in [2.75, 3.05) is 31.5 Å². The molecule has 1 saturated heterocycles. The second-order valence-electron chi connectivity index (χ2n) is 6.61. The van der Waals surface area contributed by atoms with Gasteiger partial charge in [0.1, 0.15) is 0 Å². The van der Waals surface area contributed by atoms with Crippen molar-refractivity contribution in [3.8, 4) is 0 Å². The van der Waals surface area contributed by atoms with E-state index in [0.717, 1.165) is 4.88 Å². The summed E-state index contributed by atoms with van der Waals surface area (Å²) in [7, 11) is 0. The molecule has 0 spiro atoms. The molecule has 6 nitrogen and oxygen atoms in total. The summed E-state index contributed by atoms with van der Waals surface area (Å²) in [6, 6.07) is 10.3. The van der Waals surface area contributed by atoms with Gasteiger partial charge < -0.3 is 10.2 Å². The highest BCUT2D eigenvalue weighted by molar-refractivity contribution is 7.12. The van der Waals surface area contributed by atoms with E-state index in [1.165, 1.54) is 18.3 Å². The quantitative estimate of drug-likeness (QED) is 0.804. The number of hydrogen-bond donors (Lipinski definition) is 1. The van der Waals surface area contributed by atoms with E-state index in [0.29, 0.717) is 37.4 Å². The Hall–Kier alpha value is -2.51. The van der Waals surface area contributed by atoms with Gasteiger partial charge in [-0.25, -0.2) is 0 Å². The molecular weight excluding hydrogens is 362 g/mol. The average molecular weight is 385 g/mol. The molecule has 2 heterocycles. The monoisotopic (exact) mass is 385 g/mol. The molecular formula is C20H23N3O3S. The summed E-state index contributed by atoms with van der Waals surface area (Å²) in [4.78, 5) is 41.1. The van der Waals surface area contributed by atoms with Crippen LogP contribution >= 0.6 is 11.3 Å². The lowest BCUT2D eigenvalue weighted by Gasteiger charge is -2.37. The molecule has 3 rings (SSSR count). The van der Waals surface area contributed by atoms with E-state index in [1.54, 1.807) is 24.3 Å². The molecule has 7 heteroatoms. The Kier molecular flexibility index (Phi) is 6.03. The van der Waals surface area contributed by atoms with Crippen molar-refractivity contribution in [1.82, 2.24) is 9.80 Å². The number of carbonyl (C=O) groups excluding carboxylic acids is 3. The van der Waals surface area contributed by atoms with Gasteiger partial charge in [-0.3, -0.25) is 19.3 Å². The smallest absolute Gasteiger partial charge is 0.264 e. The highest BCUT2D eigenvalue weighted by atomic mass is 32.1. The maximum atomic E-state index is 12.6. The molecule has 1 aromatic heterocycles. The first-order valence-electron chi connectivity index (χ1n) is 8.94. The third kappa shape index (κ3) is 4.61. The van der Waals surface area contributed by atoms with E-state index in [4.69, 9.17) is 0 Å². The Morgan fingerprint density at radius 1 is 1.07 bits per heavy atom. The number of piperazine rings is 1. The fraction of sp³-hybridized carbons (Fsp3) is 0.350. The Balaban J connectivity index is 1.55. The van der Waals surface area contributed by atoms with Crippen molar-refractivity contribution in [3.63, 3.8) is 0 Å². The molecule has 1 aliphatic rings. The number of Topliss-reactive ketones (excluding diaryl/α,β-unsaturated/α-hetero) is 1. The lowest BCUT2D eigenvalue weighted by molar-refractivity contribution is -0.121. The molecule has 1 fully saturated rings. The molecule has 0 bridgehead atoms. The molecule has 0 radical (unpaired) electrons. The van der Waals surface area contributed by atoms with Crippen molar-refractivity contribution in [1.29, 1.82) is 0 Å². The van der Waals surface area contributed by atoms with Crippen LogP contribution in [-0.2, 0) is 4.79 Å². The van der Waals surface area contributed by atoms with Crippen LogP contribution in [0, 0.1) is 0 Å². The summed E-state index contributed by atoms with van der Waals surface area (Å²) in [6.07, 6.45) is 0. The lowest BCUT2D eigenvalue weighted by atomic mass is 10.1. The first-order chi connectivity index (χ1) is 13.0. The van der Waals surface area contributed by atoms with Gasteiger partial charge in [0.05, 0.1) is 10.9 Å². The number of benzene rings is 1. The van der Waals surface area contributed by atoms with E-state index < -0.39 is 0 Å². The number of rotatable bonds is 5. The first kappa shape index (κ1) is 19.3. The van der Waals surface area contributed by atoms with Gasteiger partial charge in [0, 0.05) is 37.4 Å². The van der Waals surface area contributed by atoms with Crippen LogP contribution in [0.3, 0.4) is 0 Å². The van der Waals surface area contributed by atoms with Crippen molar-refractivity contribution < 1.29 is 14.4 Å². The lowest BCUT2D eigenvalue weighted by Crippen LogP contribution is -2.53. The van der Waals surface area contributed by atoms with E-state index in [-0.39, 0.29) is 23.6 Å². The van der Waals surface area contributed by atoms with Crippen LogP contribution in [0.4, 0.5) is 5.69 Å². The zero-order valence-corrected chi connectivity index (χ0v) is 16.3. The number of carbonyl (C=O) groups is 3. The van der Waals surface area contributed by atoms with Gasteiger partial charge >= 0.3 is 0 Å². The predicted octanol–water partition coefficient (Wildman–Crippen LogP) is 2.74. The van der Waals surface area contributed by atoms with Gasteiger partial charge in [-0.15, -0.1) is 11.3 Å². The van der Waals surface area contributed by atoms with Crippen molar-refractivity contribution in [3.05, 3.63) is 52.2 Å². The molecule has 1 atom stereocenters. The molecule has 27 heavy (non-hydrogen) atoms. The van der Waals surface area contributed by atoms with Crippen LogP contribution in [0.5, 0.6) is 0 Å². The minimum Gasteiger partial charge on any atom is -0.335 e. The number of nitrogens with one attached hydrogen (secondary N) is 1. The van der Waals surface area contributed by atoms with Gasteiger partial charge in [-0.1, -0.05) is 18.2 Å². The van der Waals surface area contributed by atoms with Crippen LogP contribution in [0.2, 0.25) is 0 Å². The van der Waals surface area contributed by atoms with Gasteiger partial charge in [0.25, 0.3) is 5.91 Å². The summed E-state index contributed by atoms with van der Waals surface area (Å²) < 4.78 is 0. The second-order valence-corrected chi connectivity index (χ2v) is 7.56. The summed E-state index contributed by atoms with van der Waals surface area (Å²) in [5, 5.41) is 4.78. The molecule has 1 aromatic carbocycles. The second kappa shape index (κ2) is 8.45. The molecule has 0 aliphatic carbocycles. The maximum absolute atomic E-state index is 12.6. The molecule has 142 valence electrons. The summed E-state index contributed by atoms with van der Waals surface area (Å²) in [6.45, 7) is 5.88. The summed E-state index contributed by atoms with van der Waals surface area (Å²) >= 11 is 1.45. The zero-order chi connectivity index (χ0) is 19.4. The van der Waals surface area contributed by atoms with E-state index in [2.05, 4.69) is 10.2 Å². The van der Waals surface area contributed by atoms with Gasteiger partial charge in [-0.2, -0.15) is 0 Å². The molecule has 1 aliphatic heterocycles. The number of thiophene rings is 1. The average Bonchev–Trinajstić information content (AvgIpc) is 3.22. The highest BCUT2D eigenvalue weighted by Gasteiger charge is 2.28. The number of hydrogen-bond acceptors (Lipinski definition) is 5. The number of amides is 2. The van der Waals surface area contributed by atoms with Crippen LogP contribution in [0.1, 0.15) is 33.9 Å². The van der Waals surface area contributed by atoms with Crippen LogP contribution in [-0.4, -0.2) is 59.6 Å². The molecule has 2 amide bonds. The Morgan fingerprint density at radius 2 is 1.81 bits per heavy atom. The van der Waals surface area contributed by atoms with Crippen LogP contribution < -0.4 is 5.32 Å². The number of anilines is 1. The minimum absolute atomic E-state index is 0.0364. The maximum Gasteiger partial charge on any atom is 0.264 e. The third-order valence-corrected chi connectivity index (χ3v) is 5.66. The Bertz CT molecular complexity index is 827. The van der Waals surface area contributed by atoms with Crippen LogP contribution in [0.15, 0.2) is 41.8 Å². The van der Waals surface area contributed by atoms with Crippen molar-refractivity contribution in [2.24, 2.45) is 0 Å². The summed E-state index contributed by atoms with van der Waals surface area (Å²) in [5.74, 6) is -0.0952. The third-order valence-electron chi connectivity index (χ3n) is 4.80. The SMILES string of the molecule is CC(=O)c1cccc(NC(=O)[C@H](C)N2CCN(C(=O)c3cccs3)CC2)c1. The van der Waals surface area contributed by atoms with Gasteiger partial charge in [0.2, 0.25) is 5.91 Å². The largest absolute Gasteiger partial charge is 0.335 e. The van der Waals surface area contributed by atoms with Crippen molar-refractivity contribution in [2.45, 2.75) is 19.9 Å². The zero-order valence-electron chi connectivity index (χ0n) is 15.5. The van der Waals surface area contributed by atoms with Gasteiger partial charge in [-0.05, 0) is 37.4 Å². The van der Waals surface area contributed by atoms with Crippen molar-refractivity contribution >= 4 is 34.6 Å². The normalized spacial score (nSPS) is 16.0. The van der Waals surface area contributed by atoms with E-state index >= 15 is 0 Å². The fourth-order valence-corrected chi connectivity index (χ4v) is 3.79. The molecule has 2 aromatic rings. The number of ketones is 1. The topological polar surface area (TPSA) is 69.7 Å². The van der Waals surface area contributed by atoms with E-state index in [1.807, 2.05) is 29.3 Å². The first-order valence-corrected chi connectivity index (χ1v) is 9.82. The Labute approximate surface area is 162 Å². The van der Waals surface area contributed by atoms with Crippen LogP contribution in [0.25, 0.3) is 0 Å². The standard InChI is InChI=1S/C20H23N3O3S/c1-14(19(25)21-17-6-3-5-16(13-17)15(2)24)22-8-10-23(11-9-22)20(26)18-7-4-12-27-18/h3-7,12-14H,8-11H2,1-2H3,(H,21,25)/t14-/m0/s1. The molecule has 0 saturated carbocycles.